The molecular formula is C56H76F3N4O15PSi2. The van der Waals surface area contributed by atoms with Gasteiger partial charge in [-0.1, -0.05) is 120 Å². The first kappa shape index (κ1) is 63.7. The van der Waals surface area contributed by atoms with Gasteiger partial charge in [-0.3, -0.25) is 32.3 Å². The molecule has 4 heterocycles. The van der Waals surface area contributed by atoms with Crippen LogP contribution in [0.2, 0.25) is 36.3 Å². The van der Waals surface area contributed by atoms with E-state index >= 15 is 4.57 Å². The normalized spacial score (nSPS) is 21.8. The molecule has 19 nitrogen and oxygen atoms in total. The molecular weight excluding hydrogens is 1110 g/mol. The van der Waals surface area contributed by atoms with Gasteiger partial charge in [-0.15, -0.1) is 0 Å². The van der Waals surface area contributed by atoms with E-state index in [9.17, 15) is 32.3 Å². The second kappa shape index (κ2) is 25.9. The average molecular weight is 1190 g/mol. The number of benzene rings is 3. The minimum absolute atomic E-state index is 0.103. The molecule has 0 amide bonds. The second-order valence-electron chi connectivity index (χ2n) is 23.3. The molecule has 25 heteroatoms. The Bertz CT molecular complexity index is 3220. The van der Waals surface area contributed by atoms with Gasteiger partial charge in [0.2, 0.25) is 0 Å². The molecule has 1 unspecified atom stereocenters. The summed E-state index contributed by atoms with van der Waals surface area (Å²) in [5.41, 5.74) is -2.46. The van der Waals surface area contributed by atoms with Crippen molar-refractivity contribution in [3.8, 4) is 0 Å². The van der Waals surface area contributed by atoms with Crippen LogP contribution in [-0.4, -0.2) is 85.7 Å². The molecule has 8 atom stereocenters. The summed E-state index contributed by atoms with van der Waals surface area (Å²) in [5.74, 6) is 0. The fourth-order valence-corrected chi connectivity index (χ4v) is 12.4. The number of nitrogens with zero attached hydrogens (tertiary/aromatic N) is 4. The molecule has 2 fully saturated rings. The molecule has 81 heavy (non-hydrogen) atoms. The quantitative estimate of drug-likeness (QED) is 0.0418. The van der Waals surface area contributed by atoms with Crippen molar-refractivity contribution < 1.29 is 63.8 Å². The SMILES string of the molecule is CO[C@@H]1[C@H](O[Si](C)(C)C(C)(C)C)[C@@H](COP(=O)(OCc2ccccc2C(F)(F)F)O[C@H]2C[C@H](n3cc(C)c(=O)n(COCc4ccccc4)c3=O)O[C@@H]2CO[Si](C)(C)C(C)(C)C)O[C@H]1n1ccc(=O)n(COCc2ccccc2)c1=O. The lowest BCUT2D eigenvalue weighted by atomic mass is 10.1. The lowest BCUT2D eigenvalue weighted by Crippen LogP contribution is -2.50. The van der Waals surface area contributed by atoms with E-state index < -0.39 is 133 Å². The Morgan fingerprint density at radius 1 is 0.667 bits per heavy atom. The summed E-state index contributed by atoms with van der Waals surface area (Å²) >= 11 is 0. The molecule has 0 bridgehead atoms. The maximum absolute atomic E-state index is 15.7. The summed E-state index contributed by atoms with van der Waals surface area (Å²) in [5, 5.41) is -0.690. The van der Waals surface area contributed by atoms with Crippen molar-refractivity contribution in [1.29, 1.82) is 0 Å². The van der Waals surface area contributed by atoms with E-state index in [1.807, 2.05) is 128 Å². The first-order valence-corrected chi connectivity index (χ1v) is 34.0. The Morgan fingerprint density at radius 2 is 1.23 bits per heavy atom. The molecule has 2 aliphatic rings. The van der Waals surface area contributed by atoms with Crippen molar-refractivity contribution in [2.75, 3.05) is 20.3 Å². The van der Waals surface area contributed by atoms with Gasteiger partial charge >= 0.3 is 25.4 Å². The predicted molar refractivity (Wildman–Crippen MR) is 300 cm³/mol. The molecule has 7 rings (SSSR count). The van der Waals surface area contributed by atoms with Crippen LogP contribution < -0.4 is 22.5 Å². The number of rotatable bonds is 24. The number of phosphoric ester groups is 1. The zero-order chi connectivity index (χ0) is 59.3. The number of halogens is 3. The van der Waals surface area contributed by atoms with Gasteiger partial charge in [-0.2, -0.15) is 13.2 Å². The number of aromatic nitrogens is 4. The van der Waals surface area contributed by atoms with Gasteiger partial charge in [0.05, 0.1) is 38.6 Å². The molecule has 2 saturated heterocycles. The fourth-order valence-electron chi connectivity index (χ4n) is 8.70. The van der Waals surface area contributed by atoms with Crippen LogP contribution in [0, 0.1) is 6.92 Å². The van der Waals surface area contributed by atoms with Crippen LogP contribution in [0.3, 0.4) is 0 Å². The Balaban J connectivity index is 1.25. The number of hydrogen-bond acceptors (Lipinski definition) is 15. The summed E-state index contributed by atoms with van der Waals surface area (Å²) in [6.45, 7) is 19.3. The smallest absolute Gasteiger partial charge is 0.414 e. The lowest BCUT2D eigenvalue weighted by molar-refractivity contribution is -0.138. The summed E-state index contributed by atoms with van der Waals surface area (Å²) in [6, 6.07) is 24.2. The number of methoxy groups -OCH3 is 1. The van der Waals surface area contributed by atoms with E-state index in [2.05, 4.69) is 0 Å². The van der Waals surface area contributed by atoms with Gasteiger partial charge in [0, 0.05) is 37.6 Å². The Labute approximate surface area is 471 Å². The van der Waals surface area contributed by atoms with E-state index in [0.29, 0.717) is 0 Å². The van der Waals surface area contributed by atoms with Gasteiger partial charge in [0.15, 0.2) is 22.9 Å². The predicted octanol–water partition coefficient (Wildman–Crippen LogP) is 10.0. The van der Waals surface area contributed by atoms with Crippen LogP contribution in [0.1, 0.15) is 88.2 Å². The van der Waals surface area contributed by atoms with Crippen molar-refractivity contribution in [2.45, 2.75) is 174 Å². The molecule has 2 aliphatic heterocycles. The van der Waals surface area contributed by atoms with E-state index in [1.165, 1.54) is 55.3 Å². The largest absolute Gasteiger partial charge is 0.475 e. The summed E-state index contributed by atoms with van der Waals surface area (Å²) in [4.78, 5) is 55.3. The monoisotopic (exact) mass is 1190 g/mol. The third kappa shape index (κ3) is 15.5. The molecule has 444 valence electrons. The van der Waals surface area contributed by atoms with Crippen molar-refractivity contribution in [2.24, 2.45) is 0 Å². The van der Waals surface area contributed by atoms with Crippen molar-refractivity contribution in [3.05, 3.63) is 173 Å². The van der Waals surface area contributed by atoms with Crippen LogP contribution in [0.15, 0.2) is 123 Å². The standard InChI is InChI=1S/C56H76F3N4O15PSi2/c1-38-30-61(53(67)63(50(38)65)37-71-32-40-23-17-14-18-24-40)47-29-43(44(75-47)35-74-80(9,10)54(2,3)4)77-79(68,72-33-41-25-19-20-26-42(41)56(57,58)59)73-34-45-48(78-81(11,12)55(5,6)7)49(69-8)51(76-45)60-28-27-46(64)62(52(60)66)36-70-31-39-21-15-13-16-22-39/h13-28,30,43-45,47-49,51H,29,31-37H2,1-12H3/t43-,44+,45+,47+,48+,49+,51+,79?/m0/s1. The third-order valence-corrected chi connectivity index (χ3v) is 25.9. The summed E-state index contributed by atoms with van der Waals surface area (Å²) in [7, 11) is -9.11. The van der Waals surface area contributed by atoms with Gasteiger partial charge in [-0.25, -0.2) is 23.3 Å². The minimum atomic E-state index is -5.14. The Hall–Kier alpha value is -4.93. The van der Waals surface area contributed by atoms with Gasteiger partial charge in [-0.05, 0) is 65.9 Å². The highest BCUT2D eigenvalue weighted by Gasteiger charge is 2.53. The van der Waals surface area contributed by atoms with Crippen LogP contribution >= 0.6 is 7.82 Å². The minimum Gasteiger partial charge on any atom is -0.414 e. The zero-order valence-corrected chi connectivity index (χ0v) is 50.9. The molecule has 0 spiro atoms. The molecule has 3 aromatic carbocycles. The topological polar surface area (TPSA) is 197 Å². The first-order chi connectivity index (χ1) is 37.9. The fraction of sp³-hybridized carbons (Fsp3) is 0.536. The average Bonchev–Trinajstić information content (AvgIpc) is 4.22. The molecule has 0 aliphatic carbocycles. The molecule has 5 aromatic rings. The highest BCUT2D eigenvalue weighted by atomic mass is 31.2. The summed E-state index contributed by atoms with van der Waals surface area (Å²) in [6.07, 6.45) is -10.7. The lowest BCUT2D eigenvalue weighted by Gasteiger charge is -2.40. The Kier molecular flexibility index (Phi) is 20.4. The van der Waals surface area contributed by atoms with Crippen molar-refractivity contribution >= 4 is 24.5 Å². The molecule has 0 radical (unpaired) electrons. The van der Waals surface area contributed by atoms with Crippen LogP contribution in [0.5, 0.6) is 0 Å². The highest BCUT2D eigenvalue weighted by Crippen LogP contribution is 2.55. The number of aryl methyl sites for hydroxylation is 1. The maximum Gasteiger partial charge on any atom is 0.475 e. The number of ether oxygens (including phenoxy) is 5. The Morgan fingerprint density at radius 3 is 1.81 bits per heavy atom. The number of alkyl halides is 3. The van der Waals surface area contributed by atoms with Gasteiger partial charge < -0.3 is 32.5 Å². The van der Waals surface area contributed by atoms with E-state index in [1.54, 1.807) is 0 Å². The number of phosphoric acid groups is 1. The van der Waals surface area contributed by atoms with Crippen molar-refractivity contribution in [1.82, 2.24) is 18.3 Å². The van der Waals surface area contributed by atoms with Crippen LogP contribution in [0.4, 0.5) is 13.2 Å². The van der Waals surface area contributed by atoms with Crippen LogP contribution in [0.25, 0.3) is 0 Å². The summed E-state index contributed by atoms with van der Waals surface area (Å²) < 4.78 is 126. The van der Waals surface area contributed by atoms with Crippen molar-refractivity contribution in [3.63, 3.8) is 0 Å². The maximum atomic E-state index is 15.7. The van der Waals surface area contributed by atoms with Gasteiger partial charge in [0.1, 0.15) is 50.2 Å². The molecule has 0 saturated carbocycles. The van der Waals surface area contributed by atoms with Gasteiger partial charge in [0.25, 0.3) is 11.1 Å². The third-order valence-electron chi connectivity index (χ3n) is 15.5. The zero-order valence-electron chi connectivity index (χ0n) is 48.0. The van der Waals surface area contributed by atoms with E-state index in [4.69, 9.17) is 46.1 Å². The van der Waals surface area contributed by atoms with E-state index in [0.717, 1.165) is 30.9 Å². The highest BCUT2D eigenvalue weighted by molar-refractivity contribution is 7.48. The van der Waals surface area contributed by atoms with E-state index in [-0.39, 0.29) is 42.4 Å². The molecule has 2 aromatic heterocycles. The first-order valence-electron chi connectivity index (χ1n) is 26.7. The number of hydrogen-bond donors (Lipinski definition) is 0. The van der Waals surface area contributed by atoms with Crippen LogP contribution in [-0.2, 0) is 90.1 Å². The molecule has 0 N–H and O–H groups in total. The second-order valence-corrected chi connectivity index (χ2v) is 34.5.